The SMILES string of the molecule is COc1ccc(Cl)c(Cl)c1[C@@H]1CCN(C(=O)O)[C@H](C(=O)N(C)OC)C1. The van der Waals surface area contributed by atoms with Crippen LogP contribution in [0.3, 0.4) is 0 Å². The third kappa shape index (κ3) is 3.94. The van der Waals surface area contributed by atoms with Crippen LogP contribution in [-0.2, 0) is 9.63 Å². The maximum Gasteiger partial charge on any atom is 0.407 e. The van der Waals surface area contributed by atoms with Gasteiger partial charge in [0, 0.05) is 19.2 Å². The van der Waals surface area contributed by atoms with Crippen LogP contribution in [0.4, 0.5) is 4.79 Å². The number of amides is 2. The number of carboxylic acid groups (broad SMARTS) is 1. The van der Waals surface area contributed by atoms with Gasteiger partial charge in [0.05, 0.1) is 24.3 Å². The number of piperidine rings is 1. The van der Waals surface area contributed by atoms with Crippen LogP contribution in [0, 0.1) is 0 Å². The van der Waals surface area contributed by atoms with Crippen LogP contribution in [0.1, 0.15) is 24.3 Å². The topological polar surface area (TPSA) is 79.3 Å². The minimum absolute atomic E-state index is 0.170. The fourth-order valence-corrected chi connectivity index (χ4v) is 3.57. The van der Waals surface area contributed by atoms with Gasteiger partial charge in [0.25, 0.3) is 5.91 Å². The predicted molar refractivity (Wildman–Crippen MR) is 93.3 cm³/mol. The van der Waals surface area contributed by atoms with Crippen LogP contribution in [0.25, 0.3) is 0 Å². The molecule has 1 aromatic rings. The molecule has 2 rings (SSSR count). The summed E-state index contributed by atoms with van der Waals surface area (Å²) in [5.41, 5.74) is 0.694. The average Bonchev–Trinajstić information content (AvgIpc) is 2.61. The van der Waals surface area contributed by atoms with Gasteiger partial charge < -0.3 is 9.84 Å². The summed E-state index contributed by atoms with van der Waals surface area (Å²) >= 11 is 12.5. The highest BCUT2D eigenvalue weighted by Gasteiger charge is 2.39. The lowest BCUT2D eigenvalue weighted by atomic mass is 9.84. The summed E-state index contributed by atoms with van der Waals surface area (Å²) < 4.78 is 5.38. The van der Waals surface area contributed by atoms with E-state index in [1.165, 1.54) is 21.3 Å². The van der Waals surface area contributed by atoms with E-state index in [1.807, 2.05) is 0 Å². The second-order valence-electron chi connectivity index (χ2n) is 5.71. The van der Waals surface area contributed by atoms with Gasteiger partial charge in [0.1, 0.15) is 11.8 Å². The standard InChI is InChI=1S/C16H20Cl2N2O5/c1-19(25-3)15(21)11-8-9(6-7-20(11)16(22)23)13-12(24-2)5-4-10(17)14(13)18/h4-5,9,11H,6-8H2,1-3H3,(H,22,23)/t9-,11+/m1/s1. The van der Waals surface area contributed by atoms with Gasteiger partial charge in [-0.25, -0.2) is 9.86 Å². The average molecular weight is 391 g/mol. The Morgan fingerprint density at radius 3 is 2.56 bits per heavy atom. The summed E-state index contributed by atoms with van der Waals surface area (Å²) in [6.45, 7) is 0.194. The number of likely N-dealkylation sites (N-methyl/N-ethyl adjacent to an activating group) is 1. The molecule has 0 aromatic heterocycles. The van der Waals surface area contributed by atoms with Crippen molar-refractivity contribution < 1.29 is 24.3 Å². The van der Waals surface area contributed by atoms with Crippen molar-refractivity contribution in [2.24, 2.45) is 0 Å². The Morgan fingerprint density at radius 1 is 1.32 bits per heavy atom. The second kappa shape index (κ2) is 8.12. The van der Waals surface area contributed by atoms with Gasteiger partial charge in [0.15, 0.2) is 0 Å². The summed E-state index contributed by atoms with van der Waals surface area (Å²) in [5, 5.41) is 11.2. The number of hydroxylamine groups is 2. The number of likely N-dealkylation sites (tertiary alicyclic amines) is 1. The van der Waals surface area contributed by atoms with Crippen molar-refractivity contribution in [3.05, 3.63) is 27.7 Å². The summed E-state index contributed by atoms with van der Waals surface area (Å²) in [7, 11) is 4.32. The molecule has 2 atom stereocenters. The number of hydrogen-bond acceptors (Lipinski definition) is 4. The molecule has 0 saturated carbocycles. The number of carbonyl (C=O) groups is 2. The summed E-state index contributed by atoms with van der Waals surface area (Å²) in [6, 6.07) is 2.48. The Morgan fingerprint density at radius 2 is 2.00 bits per heavy atom. The number of halogens is 2. The Hall–Kier alpha value is -1.70. The lowest BCUT2D eigenvalue weighted by Crippen LogP contribution is -2.53. The van der Waals surface area contributed by atoms with Crippen molar-refractivity contribution in [2.45, 2.75) is 24.8 Å². The third-order valence-corrected chi connectivity index (χ3v) is 5.26. The minimum Gasteiger partial charge on any atom is -0.496 e. The zero-order valence-corrected chi connectivity index (χ0v) is 15.7. The van der Waals surface area contributed by atoms with Gasteiger partial charge in [-0.3, -0.25) is 14.5 Å². The first-order valence-corrected chi connectivity index (χ1v) is 8.40. The normalized spacial score (nSPS) is 20.3. The van der Waals surface area contributed by atoms with Crippen LogP contribution < -0.4 is 4.74 Å². The number of rotatable bonds is 4. The molecule has 0 bridgehead atoms. The van der Waals surface area contributed by atoms with Crippen molar-refractivity contribution >= 4 is 35.2 Å². The molecule has 9 heteroatoms. The van der Waals surface area contributed by atoms with Gasteiger partial charge in [-0.1, -0.05) is 23.2 Å². The van der Waals surface area contributed by atoms with Gasteiger partial charge in [-0.15, -0.1) is 0 Å². The Labute approximate surface area is 155 Å². The number of ether oxygens (including phenoxy) is 1. The number of carbonyl (C=O) groups excluding carboxylic acids is 1. The van der Waals surface area contributed by atoms with Crippen molar-refractivity contribution in [3.8, 4) is 5.75 Å². The first kappa shape index (κ1) is 19.6. The molecule has 1 aliphatic rings. The fourth-order valence-electron chi connectivity index (χ4n) is 3.10. The predicted octanol–water partition coefficient (Wildman–Crippen LogP) is 3.25. The number of hydrogen-bond donors (Lipinski definition) is 1. The van der Waals surface area contributed by atoms with Crippen molar-refractivity contribution in [2.75, 3.05) is 27.8 Å². The molecule has 1 saturated heterocycles. The molecule has 25 heavy (non-hydrogen) atoms. The summed E-state index contributed by atoms with van der Waals surface area (Å²) in [5.74, 6) is -0.0443. The molecule has 1 aromatic carbocycles. The molecule has 138 valence electrons. The van der Waals surface area contributed by atoms with Crippen LogP contribution in [0.15, 0.2) is 12.1 Å². The van der Waals surface area contributed by atoms with Crippen molar-refractivity contribution in [3.63, 3.8) is 0 Å². The Kier molecular flexibility index (Phi) is 6.37. The first-order chi connectivity index (χ1) is 11.8. The molecule has 0 unspecified atom stereocenters. The molecule has 1 fully saturated rings. The fraction of sp³-hybridized carbons (Fsp3) is 0.500. The quantitative estimate of drug-likeness (QED) is 0.798. The number of benzene rings is 1. The maximum absolute atomic E-state index is 12.5. The summed E-state index contributed by atoms with van der Waals surface area (Å²) in [4.78, 5) is 30.1. The summed E-state index contributed by atoms with van der Waals surface area (Å²) in [6.07, 6.45) is -0.385. The molecule has 1 aliphatic heterocycles. The van der Waals surface area contributed by atoms with E-state index in [0.29, 0.717) is 27.8 Å². The molecule has 0 aliphatic carbocycles. The zero-order chi connectivity index (χ0) is 18.7. The Balaban J connectivity index is 2.39. The van der Waals surface area contributed by atoms with Crippen LogP contribution >= 0.6 is 23.2 Å². The molecular formula is C16H20Cl2N2O5. The van der Waals surface area contributed by atoms with E-state index in [1.54, 1.807) is 12.1 Å². The highest BCUT2D eigenvalue weighted by atomic mass is 35.5. The largest absolute Gasteiger partial charge is 0.496 e. The number of nitrogens with zero attached hydrogens (tertiary/aromatic N) is 2. The third-order valence-electron chi connectivity index (χ3n) is 4.44. The van der Waals surface area contributed by atoms with Gasteiger partial charge in [-0.05, 0) is 30.9 Å². The molecule has 0 spiro atoms. The van der Waals surface area contributed by atoms with Gasteiger partial charge in [-0.2, -0.15) is 0 Å². The molecule has 1 heterocycles. The second-order valence-corrected chi connectivity index (χ2v) is 6.49. The van der Waals surface area contributed by atoms with E-state index < -0.39 is 18.0 Å². The van der Waals surface area contributed by atoms with Crippen LogP contribution in [-0.4, -0.2) is 60.9 Å². The molecule has 7 nitrogen and oxygen atoms in total. The number of methoxy groups -OCH3 is 1. The van der Waals surface area contributed by atoms with E-state index in [4.69, 9.17) is 32.8 Å². The van der Waals surface area contributed by atoms with Crippen molar-refractivity contribution in [1.29, 1.82) is 0 Å². The lowest BCUT2D eigenvalue weighted by Gasteiger charge is -2.38. The lowest BCUT2D eigenvalue weighted by molar-refractivity contribution is -0.175. The van der Waals surface area contributed by atoms with Crippen LogP contribution in [0.2, 0.25) is 10.0 Å². The van der Waals surface area contributed by atoms with Crippen molar-refractivity contribution in [1.82, 2.24) is 9.96 Å². The van der Waals surface area contributed by atoms with E-state index in [0.717, 1.165) is 9.96 Å². The van der Waals surface area contributed by atoms with Gasteiger partial charge in [0.2, 0.25) is 0 Å². The molecular weight excluding hydrogens is 371 g/mol. The van der Waals surface area contributed by atoms with E-state index in [9.17, 15) is 14.7 Å². The maximum atomic E-state index is 12.5. The van der Waals surface area contributed by atoms with Crippen LogP contribution in [0.5, 0.6) is 5.75 Å². The molecule has 0 radical (unpaired) electrons. The van der Waals surface area contributed by atoms with Gasteiger partial charge >= 0.3 is 6.09 Å². The first-order valence-electron chi connectivity index (χ1n) is 7.64. The highest BCUT2D eigenvalue weighted by Crippen LogP contribution is 2.43. The smallest absolute Gasteiger partial charge is 0.407 e. The zero-order valence-electron chi connectivity index (χ0n) is 14.2. The monoisotopic (exact) mass is 390 g/mol. The molecule has 1 N–H and O–H groups in total. The van der Waals surface area contributed by atoms with E-state index in [-0.39, 0.29) is 18.9 Å². The Bertz CT molecular complexity index is 670. The minimum atomic E-state index is -1.15. The van der Waals surface area contributed by atoms with E-state index in [2.05, 4.69) is 0 Å². The van der Waals surface area contributed by atoms with E-state index >= 15 is 0 Å². The highest BCUT2D eigenvalue weighted by molar-refractivity contribution is 6.42. The molecule has 2 amide bonds.